The highest BCUT2D eigenvalue weighted by molar-refractivity contribution is 6.00. The fourth-order valence-electron chi connectivity index (χ4n) is 3.94. The van der Waals surface area contributed by atoms with Crippen LogP contribution in [0.3, 0.4) is 0 Å². The monoisotopic (exact) mass is 558 g/mol. The summed E-state index contributed by atoms with van der Waals surface area (Å²) in [6.45, 7) is 8.47. The van der Waals surface area contributed by atoms with Gasteiger partial charge in [-0.3, -0.25) is 19.2 Å². The van der Waals surface area contributed by atoms with Crippen molar-refractivity contribution in [3.63, 3.8) is 0 Å². The smallest absolute Gasteiger partial charge is 0.349 e. The zero-order valence-corrected chi connectivity index (χ0v) is 24.1. The van der Waals surface area contributed by atoms with Crippen LogP contribution in [-0.4, -0.2) is 55.9 Å². The van der Waals surface area contributed by atoms with E-state index in [1.54, 1.807) is 32.0 Å². The minimum Gasteiger partial charge on any atom is -0.497 e. The third-order valence-electron chi connectivity index (χ3n) is 6.40. The first-order valence-electron chi connectivity index (χ1n) is 13.9. The van der Waals surface area contributed by atoms with Gasteiger partial charge in [-0.25, -0.2) is 4.79 Å². The number of ether oxygens (including phenoxy) is 1. The molecule has 0 aliphatic heterocycles. The van der Waals surface area contributed by atoms with Gasteiger partial charge in [0.25, 0.3) is 5.91 Å². The van der Waals surface area contributed by atoms with Gasteiger partial charge in [-0.1, -0.05) is 40.5 Å². The molecule has 0 radical (unpaired) electrons. The fourth-order valence-corrected chi connectivity index (χ4v) is 3.94. The molecule has 2 atom stereocenters. The van der Waals surface area contributed by atoms with E-state index in [1.807, 2.05) is 13.8 Å². The van der Waals surface area contributed by atoms with Crippen LogP contribution in [0.1, 0.15) is 76.6 Å². The van der Waals surface area contributed by atoms with Crippen molar-refractivity contribution in [1.82, 2.24) is 21.3 Å². The van der Waals surface area contributed by atoms with Crippen molar-refractivity contribution in [1.29, 1.82) is 0 Å². The molecule has 1 aromatic carbocycles. The molecular weight excluding hydrogens is 516 g/mol. The molecule has 2 rings (SSSR count). The fraction of sp³-hybridized carbons (Fsp3) is 0.552. The molecule has 40 heavy (non-hydrogen) atoms. The molecule has 4 amide bonds. The average molecular weight is 559 g/mol. The number of rotatable bonds is 16. The van der Waals surface area contributed by atoms with Crippen LogP contribution in [0.25, 0.3) is 11.0 Å². The van der Waals surface area contributed by atoms with Crippen LogP contribution in [0.4, 0.5) is 0 Å². The number of amides is 4. The molecule has 4 N–H and O–H groups in total. The van der Waals surface area contributed by atoms with E-state index in [0.717, 1.165) is 25.7 Å². The summed E-state index contributed by atoms with van der Waals surface area (Å²) in [6.07, 6.45) is 3.60. The highest BCUT2D eigenvalue weighted by atomic mass is 16.5. The van der Waals surface area contributed by atoms with E-state index >= 15 is 0 Å². The SMILES string of the molecule is CCCCNC(=O)CC[C@H](NC(=O)[C@@H](NC(=O)c1cc2ccc(OC)cc2oc1=O)C(C)C)C(=O)NCCCC. The molecule has 220 valence electrons. The highest BCUT2D eigenvalue weighted by Gasteiger charge is 2.30. The lowest BCUT2D eigenvalue weighted by Gasteiger charge is -2.25. The molecular formula is C29H42N4O7. The van der Waals surface area contributed by atoms with Crippen molar-refractivity contribution in [3.8, 4) is 5.75 Å². The minimum atomic E-state index is -1.05. The Morgan fingerprint density at radius 3 is 2.23 bits per heavy atom. The van der Waals surface area contributed by atoms with Gasteiger partial charge in [0, 0.05) is 31.0 Å². The Morgan fingerprint density at radius 2 is 1.60 bits per heavy atom. The second kappa shape index (κ2) is 16.3. The van der Waals surface area contributed by atoms with Gasteiger partial charge in [0.1, 0.15) is 29.0 Å². The standard InChI is InChI=1S/C29H42N4O7/c1-6-8-14-30-24(34)13-12-22(27(36)31-15-9-7-2)32-28(37)25(18(3)4)33-26(35)21-16-19-10-11-20(39-5)17-23(19)40-29(21)38/h10-11,16-18,22,25H,6-9,12-15H2,1-5H3,(H,30,34)(H,31,36)(H,32,37)(H,33,35)/t22-,25-/m0/s1. The lowest BCUT2D eigenvalue weighted by molar-refractivity contribution is -0.131. The largest absolute Gasteiger partial charge is 0.497 e. The second-order valence-electron chi connectivity index (χ2n) is 9.99. The number of benzene rings is 1. The molecule has 0 aliphatic carbocycles. The Hall–Kier alpha value is -3.89. The lowest BCUT2D eigenvalue weighted by Crippen LogP contribution is -2.55. The summed E-state index contributed by atoms with van der Waals surface area (Å²) < 4.78 is 10.4. The molecule has 11 nitrogen and oxygen atoms in total. The van der Waals surface area contributed by atoms with E-state index in [1.165, 1.54) is 13.2 Å². The predicted molar refractivity (Wildman–Crippen MR) is 152 cm³/mol. The lowest BCUT2D eigenvalue weighted by atomic mass is 10.0. The third-order valence-corrected chi connectivity index (χ3v) is 6.40. The normalized spacial score (nSPS) is 12.4. The van der Waals surface area contributed by atoms with Crippen LogP contribution in [0.15, 0.2) is 33.5 Å². The van der Waals surface area contributed by atoms with E-state index in [4.69, 9.17) is 9.15 Å². The van der Waals surface area contributed by atoms with Crippen LogP contribution in [-0.2, 0) is 14.4 Å². The van der Waals surface area contributed by atoms with Crippen LogP contribution in [0.2, 0.25) is 0 Å². The number of methoxy groups -OCH3 is 1. The topological polar surface area (TPSA) is 156 Å². The average Bonchev–Trinajstić information content (AvgIpc) is 2.92. The Kier molecular flexibility index (Phi) is 13.1. The van der Waals surface area contributed by atoms with E-state index < -0.39 is 35.4 Å². The number of unbranched alkanes of at least 4 members (excludes halogenated alkanes) is 2. The zero-order chi connectivity index (χ0) is 29.7. The maximum Gasteiger partial charge on any atom is 0.349 e. The third kappa shape index (κ3) is 9.69. The van der Waals surface area contributed by atoms with Gasteiger partial charge in [0.2, 0.25) is 17.7 Å². The van der Waals surface area contributed by atoms with Gasteiger partial charge in [-0.15, -0.1) is 0 Å². The Morgan fingerprint density at radius 1 is 0.925 bits per heavy atom. The molecule has 0 saturated carbocycles. The van der Waals surface area contributed by atoms with E-state index in [2.05, 4.69) is 21.3 Å². The summed E-state index contributed by atoms with van der Waals surface area (Å²) in [5.41, 5.74) is -0.855. The summed E-state index contributed by atoms with van der Waals surface area (Å²) in [5, 5.41) is 11.4. The predicted octanol–water partition coefficient (Wildman–Crippen LogP) is 2.65. The number of hydrogen-bond donors (Lipinski definition) is 4. The number of carbonyl (C=O) groups excluding carboxylic acids is 4. The summed E-state index contributed by atoms with van der Waals surface area (Å²) in [5.74, 6) is -1.86. The molecule has 0 bridgehead atoms. The molecule has 0 fully saturated rings. The minimum absolute atomic E-state index is 0.0531. The van der Waals surface area contributed by atoms with E-state index in [-0.39, 0.29) is 35.8 Å². The summed E-state index contributed by atoms with van der Waals surface area (Å²) >= 11 is 0. The van der Waals surface area contributed by atoms with Crippen molar-refractivity contribution < 1.29 is 28.3 Å². The number of fused-ring (bicyclic) bond motifs is 1. The molecule has 1 heterocycles. The van der Waals surface area contributed by atoms with Gasteiger partial charge in [-0.2, -0.15) is 0 Å². The molecule has 0 saturated heterocycles. The van der Waals surface area contributed by atoms with Crippen LogP contribution in [0.5, 0.6) is 5.75 Å². The van der Waals surface area contributed by atoms with Crippen LogP contribution < -0.4 is 31.6 Å². The zero-order valence-electron chi connectivity index (χ0n) is 24.1. The molecule has 0 unspecified atom stereocenters. The molecule has 0 spiro atoms. The van der Waals surface area contributed by atoms with Crippen molar-refractivity contribution in [2.75, 3.05) is 20.2 Å². The van der Waals surface area contributed by atoms with Gasteiger partial charge in [0.05, 0.1) is 7.11 Å². The first-order chi connectivity index (χ1) is 19.1. The molecule has 2 aromatic rings. The van der Waals surface area contributed by atoms with Crippen LogP contribution in [0, 0.1) is 5.92 Å². The number of carbonyl (C=O) groups is 4. The quantitative estimate of drug-likeness (QED) is 0.182. The molecule has 0 aliphatic rings. The summed E-state index contributed by atoms with van der Waals surface area (Å²) in [6, 6.07) is 4.23. The van der Waals surface area contributed by atoms with Crippen molar-refractivity contribution >= 4 is 34.6 Å². The first kappa shape index (κ1) is 32.3. The number of nitrogens with one attached hydrogen (secondary N) is 4. The summed E-state index contributed by atoms with van der Waals surface area (Å²) in [7, 11) is 1.49. The maximum atomic E-state index is 13.3. The van der Waals surface area contributed by atoms with Gasteiger partial charge in [0.15, 0.2) is 0 Å². The van der Waals surface area contributed by atoms with Gasteiger partial charge in [-0.05, 0) is 43.4 Å². The van der Waals surface area contributed by atoms with Crippen LogP contribution >= 0.6 is 0 Å². The molecule has 1 aromatic heterocycles. The van der Waals surface area contributed by atoms with E-state index in [0.29, 0.717) is 24.2 Å². The second-order valence-corrected chi connectivity index (χ2v) is 9.99. The first-order valence-corrected chi connectivity index (χ1v) is 13.9. The van der Waals surface area contributed by atoms with Crippen molar-refractivity contribution in [3.05, 3.63) is 40.2 Å². The van der Waals surface area contributed by atoms with Crippen molar-refractivity contribution in [2.45, 2.75) is 78.3 Å². The Balaban J connectivity index is 2.17. The highest BCUT2D eigenvalue weighted by Crippen LogP contribution is 2.20. The number of hydrogen-bond acceptors (Lipinski definition) is 7. The maximum absolute atomic E-state index is 13.3. The Bertz CT molecular complexity index is 1220. The molecule has 11 heteroatoms. The van der Waals surface area contributed by atoms with Gasteiger partial charge >= 0.3 is 5.63 Å². The summed E-state index contributed by atoms with van der Waals surface area (Å²) in [4.78, 5) is 64.1. The Labute approximate surface area is 234 Å². The van der Waals surface area contributed by atoms with Crippen molar-refractivity contribution in [2.24, 2.45) is 5.92 Å². The van der Waals surface area contributed by atoms with Gasteiger partial charge < -0.3 is 30.4 Å². The van der Waals surface area contributed by atoms with E-state index in [9.17, 15) is 24.0 Å².